The highest BCUT2D eigenvalue weighted by molar-refractivity contribution is 6.17. The van der Waals surface area contributed by atoms with E-state index in [1.165, 1.54) is 18.2 Å². The van der Waals surface area contributed by atoms with E-state index in [1.54, 1.807) is 6.92 Å². The summed E-state index contributed by atoms with van der Waals surface area (Å²) in [7, 11) is 0. The van der Waals surface area contributed by atoms with Crippen LogP contribution in [0.2, 0.25) is 0 Å². The van der Waals surface area contributed by atoms with E-state index in [2.05, 4.69) is 0 Å². The van der Waals surface area contributed by atoms with E-state index in [-0.39, 0.29) is 18.1 Å². The maximum absolute atomic E-state index is 13.7. The summed E-state index contributed by atoms with van der Waals surface area (Å²) >= 11 is 5.54. The molecule has 1 aromatic rings. The minimum atomic E-state index is -4.35. The first kappa shape index (κ1) is 15.1. The van der Waals surface area contributed by atoms with Crippen LogP contribution in [0.5, 0.6) is 0 Å². The van der Waals surface area contributed by atoms with Crippen LogP contribution in [-0.2, 0) is 5.88 Å². The van der Waals surface area contributed by atoms with Gasteiger partial charge in [-0.3, -0.25) is 0 Å². The molecule has 0 aliphatic carbocycles. The molecular weight excluding hydrogens is 270 g/mol. The third kappa shape index (κ3) is 4.37. The van der Waals surface area contributed by atoms with Crippen molar-refractivity contribution >= 4 is 17.3 Å². The van der Waals surface area contributed by atoms with Crippen molar-refractivity contribution in [2.24, 2.45) is 0 Å². The summed E-state index contributed by atoms with van der Waals surface area (Å²) in [5, 5.41) is 0. The van der Waals surface area contributed by atoms with E-state index < -0.39 is 18.5 Å². The lowest BCUT2D eigenvalue weighted by molar-refractivity contribution is -0.119. The topological polar surface area (TPSA) is 3.24 Å². The number of nitrogens with zero attached hydrogens (tertiary/aromatic N) is 1. The summed E-state index contributed by atoms with van der Waals surface area (Å²) in [4.78, 5) is 0.993. The lowest BCUT2D eigenvalue weighted by Gasteiger charge is -2.26. The summed E-state index contributed by atoms with van der Waals surface area (Å²) < 4.78 is 50.9. The number of halogens is 5. The first-order chi connectivity index (χ1) is 8.37. The summed E-state index contributed by atoms with van der Waals surface area (Å²) in [6.07, 6.45) is -3.85. The van der Waals surface area contributed by atoms with Crippen LogP contribution in [0.1, 0.15) is 18.9 Å². The Kier molecular flexibility index (Phi) is 5.26. The fourth-order valence-corrected chi connectivity index (χ4v) is 1.83. The average molecular weight is 284 g/mol. The SMILES string of the molecule is CCCN(CC(F)(F)F)c1ccc(CCl)cc1F. The minimum Gasteiger partial charge on any atom is -0.360 e. The Bertz CT molecular complexity index is 392. The van der Waals surface area contributed by atoms with E-state index >= 15 is 0 Å². The standard InChI is InChI=1S/C12H14ClF4N/c1-2-5-18(8-12(15,16)17)11-4-3-9(7-13)6-10(11)14/h3-4,6H,2,5,7-8H2,1H3. The van der Waals surface area contributed by atoms with Gasteiger partial charge in [0.05, 0.1) is 5.69 Å². The van der Waals surface area contributed by atoms with Crippen molar-refractivity contribution in [1.29, 1.82) is 0 Å². The smallest absolute Gasteiger partial charge is 0.360 e. The predicted octanol–water partition coefficient (Wildman–Crippen LogP) is 4.34. The Labute approximate surface area is 108 Å². The number of hydrogen-bond donors (Lipinski definition) is 0. The van der Waals surface area contributed by atoms with Crippen molar-refractivity contribution < 1.29 is 17.6 Å². The van der Waals surface area contributed by atoms with Gasteiger partial charge < -0.3 is 4.90 Å². The van der Waals surface area contributed by atoms with Gasteiger partial charge in [0.1, 0.15) is 12.4 Å². The van der Waals surface area contributed by atoms with Gasteiger partial charge in [-0.15, -0.1) is 11.6 Å². The second-order valence-electron chi connectivity index (χ2n) is 3.96. The largest absolute Gasteiger partial charge is 0.405 e. The van der Waals surface area contributed by atoms with Gasteiger partial charge in [0.25, 0.3) is 0 Å². The summed E-state index contributed by atoms with van der Waals surface area (Å²) in [5.74, 6) is -0.546. The Balaban J connectivity index is 2.98. The molecule has 0 N–H and O–H groups in total. The van der Waals surface area contributed by atoms with Gasteiger partial charge >= 0.3 is 6.18 Å². The quantitative estimate of drug-likeness (QED) is 0.574. The summed E-state index contributed by atoms with van der Waals surface area (Å²) in [6, 6.07) is 4.04. The molecule has 0 spiro atoms. The van der Waals surface area contributed by atoms with Gasteiger partial charge in [-0.2, -0.15) is 13.2 Å². The van der Waals surface area contributed by atoms with Gasteiger partial charge in [0, 0.05) is 12.4 Å². The highest BCUT2D eigenvalue weighted by Gasteiger charge is 2.31. The molecule has 0 heterocycles. The van der Waals surface area contributed by atoms with E-state index in [0.29, 0.717) is 12.0 Å². The van der Waals surface area contributed by atoms with E-state index in [4.69, 9.17) is 11.6 Å². The average Bonchev–Trinajstić information content (AvgIpc) is 2.26. The minimum absolute atomic E-state index is 0.0389. The predicted molar refractivity (Wildman–Crippen MR) is 64.5 cm³/mol. The molecule has 0 unspecified atom stereocenters. The molecule has 0 saturated heterocycles. The molecule has 1 rings (SSSR count). The van der Waals surface area contributed by atoms with Gasteiger partial charge in [0.2, 0.25) is 0 Å². The monoisotopic (exact) mass is 283 g/mol. The van der Waals surface area contributed by atoms with Crippen molar-refractivity contribution in [1.82, 2.24) is 0 Å². The second-order valence-corrected chi connectivity index (χ2v) is 4.22. The molecule has 0 aliphatic rings. The molecule has 102 valence electrons. The zero-order valence-electron chi connectivity index (χ0n) is 9.90. The van der Waals surface area contributed by atoms with Crippen LogP contribution in [0.25, 0.3) is 0 Å². The molecule has 0 atom stereocenters. The zero-order chi connectivity index (χ0) is 13.8. The van der Waals surface area contributed by atoms with Gasteiger partial charge in [-0.05, 0) is 24.1 Å². The van der Waals surface area contributed by atoms with Crippen molar-refractivity contribution in [3.63, 3.8) is 0 Å². The fraction of sp³-hybridized carbons (Fsp3) is 0.500. The van der Waals surface area contributed by atoms with Crippen LogP contribution in [0, 0.1) is 5.82 Å². The molecule has 0 saturated carbocycles. The van der Waals surface area contributed by atoms with E-state index in [9.17, 15) is 17.6 Å². The first-order valence-electron chi connectivity index (χ1n) is 5.53. The zero-order valence-corrected chi connectivity index (χ0v) is 10.7. The van der Waals surface area contributed by atoms with Crippen LogP contribution < -0.4 is 4.90 Å². The first-order valence-corrected chi connectivity index (χ1v) is 6.07. The third-order valence-electron chi connectivity index (χ3n) is 2.37. The van der Waals surface area contributed by atoms with E-state index in [1.807, 2.05) is 0 Å². The Morgan fingerprint density at radius 2 is 1.94 bits per heavy atom. The van der Waals surface area contributed by atoms with Crippen LogP contribution >= 0.6 is 11.6 Å². The molecule has 0 radical (unpaired) electrons. The van der Waals surface area contributed by atoms with Crippen molar-refractivity contribution in [3.8, 4) is 0 Å². The van der Waals surface area contributed by atoms with Gasteiger partial charge in [-0.25, -0.2) is 4.39 Å². The molecule has 0 amide bonds. The van der Waals surface area contributed by atoms with Crippen LogP contribution in [0.15, 0.2) is 18.2 Å². The van der Waals surface area contributed by atoms with Crippen LogP contribution in [-0.4, -0.2) is 19.3 Å². The molecule has 0 aliphatic heterocycles. The number of hydrogen-bond acceptors (Lipinski definition) is 1. The van der Waals surface area contributed by atoms with E-state index in [0.717, 1.165) is 4.90 Å². The van der Waals surface area contributed by atoms with Crippen LogP contribution in [0.3, 0.4) is 0 Å². The van der Waals surface area contributed by atoms with Crippen molar-refractivity contribution in [3.05, 3.63) is 29.6 Å². The Hall–Kier alpha value is -0.970. The highest BCUT2D eigenvalue weighted by Crippen LogP contribution is 2.26. The number of benzene rings is 1. The maximum Gasteiger partial charge on any atom is 0.405 e. The van der Waals surface area contributed by atoms with Crippen molar-refractivity contribution in [2.45, 2.75) is 25.4 Å². The molecular formula is C12H14ClF4N. The maximum atomic E-state index is 13.7. The number of anilines is 1. The Morgan fingerprint density at radius 1 is 1.28 bits per heavy atom. The van der Waals surface area contributed by atoms with Crippen molar-refractivity contribution in [2.75, 3.05) is 18.0 Å². The Morgan fingerprint density at radius 3 is 2.39 bits per heavy atom. The second kappa shape index (κ2) is 6.27. The lowest BCUT2D eigenvalue weighted by Crippen LogP contribution is -2.35. The van der Waals surface area contributed by atoms with Crippen LogP contribution in [0.4, 0.5) is 23.2 Å². The van der Waals surface area contributed by atoms with Gasteiger partial charge in [-0.1, -0.05) is 13.0 Å². The van der Waals surface area contributed by atoms with Gasteiger partial charge in [0.15, 0.2) is 0 Å². The number of rotatable bonds is 5. The normalized spacial score (nSPS) is 11.7. The molecule has 0 bridgehead atoms. The molecule has 1 aromatic carbocycles. The molecule has 0 fully saturated rings. The fourth-order valence-electron chi connectivity index (χ4n) is 1.66. The highest BCUT2D eigenvalue weighted by atomic mass is 35.5. The third-order valence-corrected chi connectivity index (χ3v) is 2.68. The summed E-state index contributed by atoms with van der Waals surface area (Å²) in [6.45, 7) is 0.739. The number of alkyl halides is 4. The molecule has 1 nitrogen and oxygen atoms in total. The lowest BCUT2D eigenvalue weighted by atomic mass is 10.2. The molecule has 0 aromatic heterocycles. The molecule has 6 heteroatoms. The summed E-state index contributed by atoms with van der Waals surface area (Å²) in [5.41, 5.74) is 0.504. The molecule has 18 heavy (non-hydrogen) atoms.